The van der Waals surface area contributed by atoms with E-state index in [9.17, 15) is 0 Å². The van der Waals surface area contributed by atoms with Gasteiger partial charge in [0.1, 0.15) is 12.1 Å². The Morgan fingerprint density at radius 2 is 1.55 bits per heavy atom. The van der Waals surface area contributed by atoms with E-state index in [0.717, 1.165) is 40.3 Å². The predicted octanol–water partition coefficient (Wildman–Crippen LogP) is 9.13. The standard InChI is InChI=1S/C40H37N3O/c1-23-13-14-41-33(19-23)27-11-12-32-31-9-7-8-10-34(31)43(35(32)21-27)30-18-25(3)17-29(20-30)39-42-38-36(44-39)22-28-16-24(2)15-26(4)37(28)40(38,5)6/h7-21,36,38H,22H2,1-6H3/t36-,38+/m0/s1. The lowest BCUT2D eigenvalue weighted by Crippen LogP contribution is -2.46. The van der Waals surface area contributed by atoms with Crippen LogP contribution in [0.5, 0.6) is 0 Å². The molecule has 1 aliphatic heterocycles. The Balaban J connectivity index is 1.26. The molecule has 0 bridgehead atoms. The zero-order chi connectivity index (χ0) is 30.3. The number of aryl methyl sites for hydroxylation is 4. The first-order chi connectivity index (χ1) is 21.2. The van der Waals surface area contributed by atoms with Crippen molar-refractivity contribution in [2.45, 2.75) is 65.5 Å². The lowest BCUT2D eigenvalue weighted by Gasteiger charge is -2.40. The number of aliphatic imine (C=N–C) groups is 1. The normalized spacial score (nSPS) is 18.6. The van der Waals surface area contributed by atoms with Gasteiger partial charge in [0.25, 0.3) is 0 Å². The van der Waals surface area contributed by atoms with Gasteiger partial charge in [0, 0.05) is 45.6 Å². The third-order valence-electron chi connectivity index (χ3n) is 9.69. The molecule has 3 heterocycles. The summed E-state index contributed by atoms with van der Waals surface area (Å²) in [7, 11) is 0. The fraction of sp³-hybridized carbons (Fsp3) is 0.250. The quantitative estimate of drug-likeness (QED) is 0.211. The Hall–Kier alpha value is -4.70. The van der Waals surface area contributed by atoms with Crippen LogP contribution in [0.3, 0.4) is 0 Å². The summed E-state index contributed by atoms with van der Waals surface area (Å²) in [5, 5.41) is 2.46. The summed E-state index contributed by atoms with van der Waals surface area (Å²) in [5.74, 6) is 0.755. The highest BCUT2D eigenvalue weighted by Gasteiger charge is 2.48. The van der Waals surface area contributed by atoms with Crippen LogP contribution in [-0.2, 0) is 16.6 Å². The van der Waals surface area contributed by atoms with Crippen LogP contribution < -0.4 is 0 Å². The van der Waals surface area contributed by atoms with Gasteiger partial charge in [0.2, 0.25) is 5.90 Å². The molecule has 6 aromatic rings. The summed E-state index contributed by atoms with van der Waals surface area (Å²) in [6.07, 6.45) is 2.81. The summed E-state index contributed by atoms with van der Waals surface area (Å²) in [5.41, 5.74) is 14.3. The molecule has 0 amide bonds. The fourth-order valence-electron chi connectivity index (χ4n) is 7.99. The van der Waals surface area contributed by atoms with E-state index in [-0.39, 0.29) is 17.6 Å². The van der Waals surface area contributed by atoms with Crippen LogP contribution in [0.1, 0.15) is 52.8 Å². The van der Waals surface area contributed by atoms with E-state index in [1.165, 1.54) is 49.7 Å². The third-order valence-corrected chi connectivity index (χ3v) is 9.69. The highest BCUT2D eigenvalue weighted by Crippen LogP contribution is 2.45. The van der Waals surface area contributed by atoms with Crippen molar-refractivity contribution in [3.8, 4) is 16.9 Å². The number of ether oxygens (including phenoxy) is 1. The molecule has 4 aromatic carbocycles. The van der Waals surface area contributed by atoms with E-state index < -0.39 is 0 Å². The molecule has 0 radical (unpaired) electrons. The molecule has 0 spiro atoms. The summed E-state index contributed by atoms with van der Waals surface area (Å²) < 4.78 is 9.13. The van der Waals surface area contributed by atoms with Crippen molar-refractivity contribution in [3.05, 3.63) is 130 Å². The predicted molar refractivity (Wildman–Crippen MR) is 181 cm³/mol. The summed E-state index contributed by atoms with van der Waals surface area (Å²) >= 11 is 0. The highest BCUT2D eigenvalue weighted by molar-refractivity contribution is 6.10. The van der Waals surface area contributed by atoms with Crippen molar-refractivity contribution in [2.24, 2.45) is 4.99 Å². The number of hydrogen-bond acceptors (Lipinski definition) is 3. The van der Waals surface area contributed by atoms with Crippen molar-refractivity contribution in [3.63, 3.8) is 0 Å². The maximum Gasteiger partial charge on any atom is 0.216 e. The average Bonchev–Trinajstić information content (AvgIpc) is 3.56. The molecule has 4 heteroatoms. The first-order valence-electron chi connectivity index (χ1n) is 15.6. The van der Waals surface area contributed by atoms with Crippen LogP contribution >= 0.6 is 0 Å². The molecular weight excluding hydrogens is 538 g/mol. The second-order valence-electron chi connectivity index (χ2n) is 13.4. The van der Waals surface area contributed by atoms with E-state index >= 15 is 0 Å². The molecule has 2 aromatic heterocycles. The van der Waals surface area contributed by atoms with Gasteiger partial charge in [-0.3, -0.25) is 4.98 Å². The maximum atomic E-state index is 6.75. The van der Waals surface area contributed by atoms with Crippen molar-refractivity contribution in [1.29, 1.82) is 0 Å². The van der Waals surface area contributed by atoms with Gasteiger partial charge in [-0.2, -0.15) is 0 Å². The van der Waals surface area contributed by atoms with Gasteiger partial charge in [0.15, 0.2) is 0 Å². The fourth-order valence-corrected chi connectivity index (χ4v) is 7.99. The Morgan fingerprint density at radius 1 is 0.750 bits per heavy atom. The molecule has 1 aliphatic carbocycles. The second-order valence-corrected chi connectivity index (χ2v) is 13.4. The molecule has 0 fully saturated rings. The van der Waals surface area contributed by atoms with Crippen molar-refractivity contribution in [2.75, 3.05) is 0 Å². The van der Waals surface area contributed by atoms with Crippen molar-refractivity contribution >= 4 is 27.7 Å². The third kappa shape index (κ3) is 4.11. The SMILES string of the molecule is Cc1cc(C2=N[C@@H]3[C@H](Cc4cc(C)cc(C)c4C3(C)C)O2)cc(-n2c3ccccc3c3ccc(-c4cc(C)ccn4)cc32)c1. The van der Waals surface area contributed by atoms with Crippen LogP contribution in [-0.4, -0.2) is 27.6 Å². The topological polar surface area (TPSA) is 39.4 Å². The van der Waals surface area contributed by atoms with Crippen LogP contribution in [0.25, 0.3) is 38.8 Å². The molecule has 0 saturated carbocycles. The summed E-state index contributed by atoms with van der Waals surface area (Å²) in [6.45, 7) is 13.4. The molecule has 44 heavy (non-hydrogen) atoms. The number of fused-ring (bicyclic) bond motifs is 5. The largest absolute Gasteiger partial charge is 0.471 e. The zero-order valence-electron chi connectivity index (χ0n) is 26.3. The lowest BCUT2D eigenvalue weighted by atomic mass is 9.66. The summed E-state index contributed by atoms with van der Waals surface area (Å²) in [6, 6.07) is 31.0. The number of rotatable bonds is 3. The molecule has 2 atom stereocenters. The second kappa shape index (κ2) is 9.65. The average molecular weight is 576 g/mol. The summed E-state index contributed by atoms with van der Waals surface area (Å²) in [4.78, 5) is 10.0. The Labute approximate surface area is 259 Å². The van der Waals surface area contributed by atoms with Gasteiger partial charge >= 0.3 is 0 Å². The number of para-hydroxylation sites is 1. The highest BCUT2D eigenvalue weighted by atomic mass is 16.5. The van der Waals surface area contributed by atoms with Crippen molar-refractivity contribution < 1.29 is 4.74 Å². The molecule has 8 rings (SSSR count). The number of hydrogen-bond donors (Lipinski definition) is 0. The molecule has 4 nitrogen and oxygen atoms in total. The first kappa shape index (κ1) is 26.9. The van der Waals surface area contributed by atoms with Crippen LogP contribution in [0.4, 0.5) is 0 Å². The van der Waals surface area contributed by atoms with Gasteiger partial charge in [0.05, 0.1) is 16.7 Å². The van der Waals surface area contributed by atoms with Crippen molar-refractivity contribution in [1.82, 2.24) is 9.55 Å². The molecule has 0 N–H and O–H groups in total. The maximum absolute atomic E-state index is 6.75. The van der Waals surface area contributed by atoms with E-state index in [1.54, 1.807) is 0 Å². The number of aromatic nitrogens is 2. The first-order valence-corrected chi connectivity index (χ1v) is 15.6. The van der Waals surface area contributed by atoms with E-state index in [4.69, 9.17) is 9.73 Å². The minimum absolute atomic E-state index is 0.0373. The minimum atomic E-state index is -0.114. The number of nitrogens with zero attached hydrogens (tertiary/aromatic N) is 3. The van der Waals surface area contributed by atoms with Gasteiger partial charge in [-0.25, -0.2) is 4.99 Å². The minimum Gasteiger partial charge on any atom is -0.471 e. The Kier molecular flexibility index (Phi) is 5.90. The van der Waals surface area contributed by atoms with E-state index in [1.807, 2.05) is 12.3 Å². The molecule has 2 aliphatic rings. The molecule has 0 unspecified atom stereocenters. The monoisotopic (exact) mass is 575 g/mol. The van der Waals surface area contributed by atoms with Gasteiger partial charge in [-0.05, 0) is 98.0 Å². The zero-order valence-corrected chi connectivity index (χ0v) is 26.3. The van der Waals surface area contributed by atoms with Crippen LogP contribution in [0.2, 0.25) is 0 Å². The smallest absolute Gasteiger partial charge is 0.216 e. The van der Waals surface area contributed by atoms with Gasteiger partial charge < -0.3 is 9.30 Å². The van der Waals surface area contributed by atoms with Crippen LogP contribution in [0, 0.1) is 27.7 Å². The number of benzene rings is 4. The number of pyridine rings is 1. The lowest BCUT2D eigenvalue weighted by molar-refractivity contribution is 0.147. The van der Waals surface area contributed by atoms with E-state index in [0.29, 0.717) is 0 Å². The van der Waals surface area contributed by atoms with Crippen LogP contribution in [0.15, 0.2) is 96.1 Å². The molecule has 218 valence electrons. The van der Waals surface area contributed by atoms with E-state index in [2.05, 4.69) is 130 Å². The van der Waals surface area contributed by atoms with Gasteiger partial charge in [-0.15, -0.1) is 0 Å². The molecular formula is C40H37N3O. The Morgan fingerprint density at radius 3 is 2.39 bits per heavy atom. The molecule has 0 saturated heterocycles. The Bertz CT molecular complexity index is 2170. The van der Waals surface area contributed by atoms with Gasteiger partial charge in [-0.1, -0.05) is 61.9 Å².